The third kappa shape index (κ3) is 3.53. The average molecular weight is 346 g/mol. The van der Waals surface area contributed by atoms with Crippen molar-refractivity contribution in [1.29, 1.82) is 5.26 Å². The molecule has 3 aromatic rings. The van der Waals surface area contributed by atoms with E-state index in [2.05, 4.69) is 30.4 Å². The summed E-state index contributed by atoms with van der Waals surface area (Å²) in [4.78, 5) is 15.5. The van der Waals surface area contributed by atoms with E-state index in [1.165, 1.54) is 5.56 Å². The van der Waals surface area contributed by atoms with Gasteiger partial charge in [0.25, 0.3) is 0 Å². The first kappa shape index (κ1) is 16.2. The normalized spacial score (nSPS) is 17.1. The van der Waals surface area contributed by atoms with E-state index < -0.39 is 0 Å². The van der Waals surface area contributed by atoms with E-state index in [0.29, 0.717) is 11.6 Å². The quantitative estimate of drug-likeness (QED) is 0.731. The van der Waals surface area contributed by atoms with Crippen LogP contribution in [0.2, 0.25) is 0 Å². The van der Waals surface area contributed by atoms with Crippen LogP contribution in [0, 0.1) is 11.3 Å². The maximum absolute atomic E-state index is 8.82. The topological polar surface area (TPSA) is 106 Å². The highest BCUT2D eigenvalue weighted by Gasteiger charge is 2.27. The standard InChI is InChI=1S/C18H18N8/c19-8-14-3-4-15(11-21-14)24-18-20-6-5-16(25-18)17-2-1-7-26(17)12-13-9-22-23-10-13/h3-6,9-11,17H,1-2,7,12H2,(H,22,23)(H,20,24,25). The van der Waals surface area contributed by atoms with Crippen LogP contribution in [0.1, 0.15) is 35.8 Å². The van der Waals surface area contributed by atoms with Crippen LogP contribution in [-0.4, -0.2) is 36.6 Å². The number of likely N-dealkylation sites (tertiary alicyclic amines) is 1. The van der Waals surface area contributed by atoms with E-state index in [1.54, 1.807) is 24.5 Å². The Morgan fingerprint density at radius 1 is 1.27 bits per heavy atom. The van der Waals surface area contributed by atoms with Crippen LogP contribution in [-0.2, 0) is 6.54 Å². The fourth-order valence-corrected chi connectivity index (χ4v) is 3.23. The van der Waals surface area contributed by atoms with Crippen LogP contribution in [0.4, 0.5) is 11.6 Å². The summed E-state index contributed by atoms with van der Waals surface area (Å²) >= 11 is 0. The third-order valence-electron chi connectivity index (χ3n) is 4.46. The number of hydrogen-bond donors (Lipinski definition) is 2. The number of aromatic amines is 1. The lowest BCUT2D eigenvalue weighted by atomic mass is 10.1. The Hall–Kier alpha value is -3.31. The van der Waals surface area contributed by atoms with Crippen molar-refractivity contribution in [2.45, 2.75) is 25.4 Å². The molecule has 0 spiro atoms. The molecular weight excluding hydrogens is 328 g/mol. The molecular formula is C18H18N8. The molecule has 0 aliphatic carbocycles. The van der Waals surface area contributed by atoms with Crippen molar-refractivity contribution in [3.8, 4) is 6.07 Å². The molecule has 1 atom stereocenters. The number of pyridine rings is 1. The number of nitrogens with one attached hydrogen (secondary N) is 2. The number of hydrogen-bond acceptors (Lipinski definition) is 7. The molecule has 8 nitrogen and oxygen atoms in total. The number of anilines is 2. The second-order valence-electron chi connectivity index (χ2n) is 6.21. The Kier molecular flexibility index (Phi) is 4.53. The van der Waals surface area contributed by atoms with E-state index in [4.69, 9.17) is 10.2 Å². The van der Waals surface area contributed by atoms with Crippen molar-refractivity contribution in [1.82, 2.24) is 30.0 Å². The van der Waals surface area contributed by atoms with E-state index >= 15 is 0 Å². The van der Waals surface area contributed by atoms with E-state index in [0.717, 1.165) is 37.3 Å². The number of nitriles is 1. The van der Waals surface area contributed by atoms with Crippen molar-refractivity contribution in [3.63, 3.8) is 0 Å². The second-order valence-corrected chi connectivity index (χ2v) is 6.21. The van der Waals surface area contributed by atoms with Crippen LogP contribution in [0.5, 0.6) is 0 Å². The monoisotopic (exact) mass is 346 g/mol. The molecule has 0 saturated carbocycles. The van der Waals surface area contributed by atoms with Gasteiger partial charge < -0.3 is 5.32 Å². The fraction of sp³-hybridized carbons (Fsp3) is 0.278. The van der Waals surface area contributed by atoms with Crippen LogP contribution >= 0.6 is 0 Å². The number of H-pyrrole nitrogens is 1. The van der Waals surface area contributed by atoms with Gasteiger partial charge in [-0.05, 0) is 37.6 Å². The molecule has 130 valence electrons. The summed E-state index contributed by atoms with van der Waals surface area (Å²) < 4.78 is 0. The van der Waals surface area contributed by atoms with Crippen molar-refractivity contribution in [2.75, 3.05) is 11.9 Å². The minimum Gasteiger partial charge on any atom is -0.323 e. The number of aromatic nitrogens is 5. The molecule has 1 aliphatic rings. The molecule has 8 heteroatoms. The zero-order chi connectivity index (χ0) is 17.8. The van der Waals surface area contributed by atoms with Crippen molar-refractivity contribution in [3.05, 3.63) is 59.9 Å². The lowest BCUT2D eigenvalue weighted by Gasteiger charge is -2.23. The first-order chi connectivity index (χ1) is 12.8. The van der Waals surface area contributed by atoms with Gasteiger partial charge in [-0.1, -0.05) is 0 Å². The Balaban J connectivity index is 1.50. The Bertz CT molecular complexity index is 898. The highest BCUT2D eigenvalue weighted by atomic mass is 15.2. The summed E-state index contributed by atoms with van der Waals surface area (Å²) in [5.41, 5.74) is 3.31. The third-order valence-corrected chi connectivity index (χ3v) is 4.46. The molecule has 1 aliphatic heterocycles. The summed E-state index contributed by atoms with van der Waals surface area (Å²) in [6.07, 6.45) is 9.40. The minimum atomic E-state index is 0.271. The number of nitrogens with zero attached hydrogens (tertiary/aromatic N) is 6. The van der Waals surface area contributed by atoms with E-state index in [-0.39, 0.29) is 6.04 Å². The molecule has 0 amide bonds. The maximum atomic E-state index is 8.82. The lowest BCUT2D eigenvalue weighted by molar-refractivity contribution is 0.244. The zero-order valence-corrected chi connectivity index (χ0v) is 14.1. The summed E-state index contributed by atoms with van der Waals surface area (Å²) in [5.74, 6) is 0.532. The van der Waals surface area contributed by atoms with Gasteiger partial charge >= 0.3 is 0 Å². The van der Waals surface area contributed by atoms with Crippen LogP contribution in [0.3, 0.4) is 0 Å². The Labute approximate surface area is 150 Å². The molecule has 0 aromatic carbocycles. The molecule has 1 fully saturated rings. The Morgan fingerprint density at radius 3 is 3.00 bits per heavy atom. The largest absolute Gasteiger partial charge is 0.323 e. The van der Waals surface area contributed by atoms with Crippen LogP contribution in [0.15, 0.2) is 43.0 Å². The average Bonchev–Trinajstić information content (AvgIpc) is 3.35. The van der Waals surface area contributed by atoms with Gasteiger partial charge in [-0.25, -0.2) is 15.0 Å². The smallest absolute Gasteiger partial charge is 0.227 e. The van der Waals surface area contributed by atoms with Gasteiger partial charge in [0.2, 0.25) is 5.95 Å². The Morgan fingerprint density at radius 2 is 2.23 bits per heavy atom. The van der Waals surface area contributed by atoms with Gasteiger partial charge in [0, 0.05) is 24.5 Å². The van der Waals surface area contributed by atoms with E-state index in [9.17, 15) is 0 Å². The van der Waals surface area contributed by atoms with E-state index in [1.807, 2.05) is 24.5 Å². The van der Waals surface area contributed by atoms with Crippen molar-refractivity contribution in [2.24, 2.45) is 0 Å². The lowest BCUT2D eigenvalue weighted by Crippen LogP contribution is -2.23. The summed E-state index contributed by atoms with van der Waals surface area (Å²) in [6.45, 7) is 1.90. The van der Waals surface area contributed by atoms with Crippen LogP contribution in [0.25, 0.3) is 0 Å². The van der Waals surface area contributed by atoms with Gasteiger partial charge in [-0.2, -0.15) is 10.4 Å². The molecule has 1 unspecified atom stereocenters. The molecule has 0 radical (unpaired) electrons. The highest BCUT2D eigenvalue weighted by molar-refractivity contribution is 5.52. The van der Waals surface area contributed by atoms with Gasteiger partial charge in [0.15, 0.2) is 0 Å². The van der Waals surface area contributed by atoms with Crippen molar-refractivity contribution < 1.29 is 0 Å². The first-order valence-electron chi connectivity index (χ1n) is 8.49. The molecule has 4 rings (SSSR count). The predicted octanol–water partition coefficient (Wildman–Crippen LogP) is 2.55. The predicted molar refractivity (Wildman–Crippen MR) is 95.2 cm³/mol. The highest BCUT2D eigenvalue weighted by Crippen LogP contribution is 2.32. The zero-order valence-electron chi connectivity index (χ0n) is 14.1. The molecule has 4 heterocycles. The summed E-state index contributed by atoms with van der Waals surface area (Å²) in [7, 11) is 0. The SMILES string of the molecule is N#Cc1ccc(Nc2nccc(C3CCCN3Cc3cn[nH]c3)n2)cn1. The first-order valence-corrected chi connectivity index (χ1v) is 8.49. The second kappa shape index (κ2) is 7.29. The van der Waals surface area contributed by atoms with Gasteiger partial charge in [0.05, 0.1) is 29.8 Å². The van der Waals surface area contributed by atoms with Crippen LogP contribution < -0.4 is 5.32 Å². The maximum Gasteiger partial charge on any atom is 0.227 e. The van der Waals surface area contributed by atoms with Gasteiger partial charge in [0.1, 0.15) is 11.8 Å². The van der Waals surface area contributed by atoms with Crippen molar-refractivity contribution >= 4 is 11.6 Å². The fourth-order valence-electron chi connectivity index (χ4n) is 3.23. The van der Waals surface area contributed by atoms with Gasteiger partial charge in [-0.3, -0.25) is 10.00 Å². The molecule has 2 N–H and O–H groups in total. The number of rotatable bonds is 5. The minimum absolute atomic E-state index is 0.271. The molecule has 3 aromatic heterocycles. The summed E-state index contributed by atoms with van der Waals surface area (Å²) in [6, 6.07) is 7.70. The molecule has 0 bridgehead atoms. The molecule has 1 saturated heterocycles. The summed E-state index contributed by atoms with van der Waals surface area (Å²) in [5, 5.41) is 18.9. The molecule has 26 heavy (non-hydrogen) atoms. The van der Waals surface area contributed by atoms with Gasteiger partial charge in [-0.15, -0.1) is 0 Å².